The lowest BCUT2D eigenvalue weighted by atomic mass is 10.1. The van der Waals surface area contributed by atoms with Crippen molar-refractivity contribution in [1.82, 2.24) is 15.6 Å². The minimum Gasteiger partial charge on any atom is -0.350 e. The Morgan fingerprint density at radius 2 is 2.37 bits per heavy atom. The van der Waals surface area contributed by atoms with Crippen LogP contribution in [0.2, 0.25) is 0 Å². The number of amides is 1. The number of aryl methyl sites for hydroxylation is 1. The van der Waals surface area contributed by atoms with Crippen LogP contribution in [-0.2, 0) is 17.8 Å². The zero-order valence-electron chi connectivity index (χ0n) is 11.0. The van der Waals surface area contributed by atoms with Crippen LogP contribution in [0.1, 0.15) is 36.1 Å². The number of thiazole rings is 1. The molecule has 1 aliphatic rings. The molecule has 0 aliphatic carbocycles. The Balaban J connectivity index is 0.00000162. The highest BCUT2D eigenvalue weighted by Gasteiger charge is 2.17. The van der Waals surface area contributed by atoms with Gasteiger partial charge < -0.3 is 10.6 Å². The summed E-state index contributed by atoms with van der Waals surface area (Å²) < 4.78 is 0. The quantitative estimate of drug-likeness (QED) is 0.873. The number of aromatic nitrogens is 1. The Morgan fingerprint density at radius 3 is 2.95 bits per heavy atom. The number of carbonyl (C=O) groups is 1. The van der Waals surface area contributed by atoms with Crippen LogP contribution in [0.4, 0.5) is 0 Å². The predicted molar refractivity (Wildman–Crippen MR) is 83.5 cm³/mol. The van der Waals surface area contributed by atoms with Crippen molar-refractivity contribution in [3.8, 4) is 0 Å². The summed E-state index contributed by atoms with van der Waals surface area (Å²) in [6, 6.07) is 0.373. The highest BCUT2D eigenvalue weighted by molar-refractivity contribution is 7.11. The van der Waals surface area contributed by atoms with Gasteiger partial charge in [0, 0.05) is 23.5 Å². The maximum atomic E-state index is 11.7. The zero-order valence-corrected chi connectivity index (χ0v) is 13.4. The molecule has 1 atom stereocenters. The third-order valence-electron chi connectivity index (χ3n) is 2.98. The fraction of sp³-hybridized carbons (Fsp3) is 0.667. The molecule has 7 heteroatoms. The molecule has 0 spiro atoms. The van der Waals surface area contributed by atoms with E-state index in [1.54, 1.807) is 11.3 Å². The van der Waals surface area contributed by atoms with Crippen molar-refractivity contribution >= 4 is 42.1 Å². The molecule has 1 aromatic rings. The van der Waals surface area contributed by atoms with Crippen molar-refractivity contribution in [2.45, 2.75) is 45.2 Å². The standard InChI is InChI=1S/C12H19N3OS.2ClH/c1-2-10-7-15-12(17-10)8-14-11(16)6-9-4-3-5-13-9;;/h7,9,13H,2-6,8H2,1H3,(H,14,16);2*1H. The maximum absolute atomic E-state index is 11.7. The Kier molecular flexibility index (Phi) is 9.35. The summed E-state index contributed by atoms with van der Waals surface area (Å²) in [5, 5.41) is 7.25. The van der Waals surface area contributed by atoms with E-state index in [-0.39, 0.29) is 30.7 Å². The van der Waals surface area contributed by atoms with Crippen molar-refractivity contribution < 1.29 is 4.79 Å². The van der Waals surface area contributed by atoms with E-state index < -0.39 is 0 Å². The molecule has 1 amide bonds. The summed E-state index contributed by atoms with van der Waals surface area (Å²) >= 11 is 1.68. The van der Waals surface area contributed by atoms with E-state index in [2.05, 4.69) is 22.5 Å². The Bertz CT molecular complexity index is 381. The molecule has 0 bridgehead atoms. The molecule has 0 aromatic carbocycles. The molecular formula is C12H21Cl2N3OS. The second kappa shape index (κ2) is 9.53. The van der Waals surface area contributed by atoms with Gasteiger partial charge in [0.2, 0.25) is 5.91 Å². The third-order valence-corrected chi connectivity index (χ3v) is 4.12. The van der Waals surface area contributed by atoms with Gasteiger partial charge in [-0.1, -0.05) is 6.92 Å². The number of halogens is 2. The van der Waals surface area contributed by atoms with Gasteiger partial charge in [-0.25, -0.2) is 4.98 Å². The molecule has 1 fully saturated rings. The van der Waals surface area contributed by atoms with E-state index in [0.717, 1.165) is 24.4 Å². The first-order chi connectivity index (χ1) is 8.28. The van der Waals surface area contributed by atoms with E-state index in [0.29, 0.717) is 19.0 Å². The van der Waals surface area contributed by atoms with E-state index in [1.165, 1.54) is 11.3 Å². The van der Waals surface area contributed by atoms with Crippen LogP contribution in [0.25, 0.3) is 0 Å². The van der Waals surface area contributed by atoms with Gasteiger partial charge in [0.1, 0.15) is 5.01 Å². The average Bonchev–Trinajstić information content (AvgIpc) is 2.96. The Labute approximate surface area is 130 Å². The van der Waals surface area contributed by atoms with Crippen LogP contribution < -0.4 is 10.6 Å². The number of rotatable bonds is 5. The topological polar surface area (TPSA) is 54.0 Å². The van der Waals surface area contributed by atoms with Crippen LogP contribution >= 0.6 is 36.2 Å². The summed E-state index contributed by atoms with van der Waals surface area (Å²) in [5.74, 6) is 0.123. The van der Waals surface area contributed by atoms with Gasteiger partial charge >= 0.3 is 0 Å². The largest absolute Gasteiger partial charge is 0.350 e. The molecule has 2 rings (SSSR count). The number of hydrogen-bond donors (Lipinski definition) is 2. The average molecular weight is 326 g/mol. The Morgan fingerprint density at radius 1 is 1.58 bits per heavy atom. The molecule has 1 aromatic heterocycles. The van der Waals surface area contributed by atoms with Crippen LogP contribution in [0.5, 0.6) is 0 Å². The van der Waals surface area contributed by atoms with Crippen LogP contribution in [0, 0.1) is 0 Å². The van der Waals surface area contributed by atoms with Gasteiger partial charge in [0.05, 0.1) is 6.54 Å². The molecule has 0 saturated carbocycles. The van der Waals surface area contributed by atoms with Gasteiger partial charge in [-0.3, -0.25) is 4.79 Å². The molecule has 1 aliphatic heterocycles. The summed E-state index contributed by atoms with van der Waals surface area (Å²) in [4.78, 5) is 17.2. The number of carbonyl (C=O) groups excluding carboxylic acids is 1. The highest BCUT2D eigenvalue weighted by Crippen LogP contribution is 2.13. The number of hydrogen-bond acceptors (Lipinski definition) is 4. The molecule has 19 heavy (non-hydrogen) atoms. The third kappa shape index (κ3) is 6.08. The lowest BCUT2D eigenvalue weighted by Crippen LogP contribution is -2.31. The fourth-order valence-corrected chi connectivity index (χ4v) is 2.80. The molecule has 110 valence electrons. The van der Waals surface area contributed by atoms with E-state index in [1.807, 2.05) is 6.20 Å². The SMILES string of the molecule is CCc1cnc(CNC(=O)CC2CCCN2)s1.Cl.Cl. The second-order valence-corrected chi connectivity index (χ2v) is 5.55. The van der Waals surface area contributed by atoms with E-state index in [9.17, 15) is 4.79 Å². The van der Waals surface area contributed by atoms with Crippen LogP contribution in [-0.4, -0.2) is 23.5 Å². The van der Waals surface area contributed by atoms with Crippen molar-refractivity contribution in [2.24, 2.45) is 0 Å². The smallest absolute Gasteiger partial charge is 0.221 e. The maximum Gasteiger partial charge on any atom is 0.221 e. The van der Waals surface area contributed by atoms with Gasteiger partial charge in [-0.05, 0) is 25.8 Å². The molecule has 2 N–H and O–H groups in total. The van der Waals surface area contributed by atoms with Crippen LogP contribution in [0.15, 0.2) is 6.20 Å². The van der Waals surface area contributed by atoms with Crippen molar-refractivity contribution in [3.05, 3.63) is 16.1 Å². The summed E-state index contributed by atoms with van der Waals surface area (Å²) in [5.41, 5.74) is 0. The van der Waals surface area contributed by atoms with Gasteiger partial charge in [0.25, 0.3) is 0 Å². The number of nitrogens with one attached hydrogen (secondary N) is 2. The summed E-state index contributed by atoms with van der Waals surface area (Å²) in [6.07, 6.45) is 5.79. The summed E-state index contributed by atoms with van der Waals surface area (Å²) in [7, 11) is 0. The van der Waals surface area contributed by atoms with Crippen molar-refractivity contribution in [3.63, 3.8) is 0 Å². The molecule has 4 nitrogen and oxygen atoms in total. The molecular weight excluding hydrogens is 305 g/mol. The Hall–Kier alpha value is -0.360. The van der Waals surface area contributed by atoms with Gasteiger partial charge in [0.15, 0.2) is 0 Å². The second-order valence-electron chi connectivity index (χ2n) is 4.35. The van der Waals surface area contributed by atoms with Crippen molar-refractivity contribution in [1.29, 1.82) is 0 Å². The first kappa shape index (κ1) is 18.6. The molecule has 1 unspecified atom stereocenters. The predicted octanol–water partition coefficient (Wildman–Crippen LogP) is 2.31. The molecule has 2 heterocycles. The first-order valence-corrected chi connectivity index (χ1v) is 7.03. The zero-order chi connectivity index (χ0) is 12.1. The minimum absolute atomic E-state index is 0. The normalized spacial score (nSPS) is 17.4. The van der Waals surface area contributed by atoms with Crippen LogP contribution in [0.3, 0.4) is 0 Å². The molecule has 0 radical (unpaired) electrons. The van der Waals surface area contributed by atoms with E-state index >= 15 is 0 Å². The van der Waals surface area contributed by atoms with Gasteiger partial charge in [-0.2, -0.15) is 0 Å². The van der Waals surface area contributed by atoms with Gasteiger partial charge in [-0.15, -0.1) is 36.2 Å². The lowest BCUT2D eigenvalue weighted by molar-refractivity contribution is -0.121. The molecule has 1 saturated heterocycles. The van der Waals surface area contributed by atoms with E-state index in [4.69, 9.17) is 0 Å². The minimum atomic E-state index is 0. The summed E-state index contributed by atoms with van der Waals surface area (Å²) in [6.45, 7) is 3.72. The fourth-order valence-electron chi connectivity index (χ4n) is 1.99. The monoisotopic (exact) mass is 325 g/mol. The highest BCUT2D eigenvalue weighted by atomic mass is 35.5. The number of nitrogens with zero attached hydrogens (tertiary/aromatic N) is 1. The first-order valence-electron chi connectivity index (χ1n) is 6.21. The van der Waals surface area contributed by atoms with Crippen molar-refractivity contribution in [2.75, 3.05) is 6.54 Å². The lowest BCUT2D eigenvalue weighted by Gasteiger charge is -2.09.